The number of carbonyl (C=O) groups excluding carboxylic acids is 1. The molecule has 1 heterocycles. The molecule has 0 spiro atoms. The zero-order valence-electron chi connectivity index (χ0n) is 18.4. The SMILES string of the molecule is C=CCN(CC=C)S(=O)(=O)c1ccc2nc(NC(=O)Cc3ccc(OC)c(OC)c3)sc2c1. The van der Waals surface area contributed by atoms with Crippen LogP contribution in [0.2, 0.25) is 0 Å². The molecule has 2 aromatic carbocycles. The number of hydrogen-bond donors (Lipinski definition) is 1. The van der Waals surface area contributed by atoms with Crippen molar-refractivity contribution in [2.45, 2.75) is 11.3 Å². The minimum absolute atomic E-state index is 0.119. The number of aromatic nitrogens is 1. The lowest BCUT2D eigenvalue weighted by Crippen LogP contribution is -2.31. The Balaban J connectivity index is 1.78. The summed E-state index contributed by atoms with van der Waals surface area (Å²) in [7, 11) is -0.644. The van der Waals surface area contributed by atoms with E-state index >= 15 is 0 Å². The summed E-state index contributed by atoms with van der Waals surface area (Å²) in [6.45, 7) is 7.58. The average Bonchev–Trinajstić information content (AvgIpc) is 3.20. The Labute approximate surface area is 197 Å². The van der Waals surface area contributed by atoms with Gasteiger partial charge >= 0.3 is 0 Å². The van der Waals surface area contributed by atoms with E-state index in [-0.39, 0.29) is 30.3 Å². The first-order valence-electron chi connectivity index (χ1n) is 9.95. The molecule has 10 heteroatoms. The number of hydrogen-bond acceptors (Lipinski definition) is 7. The molecule has 0 aliphatic heterocycles. The molecule has 174 valence electrons. The van der Waals surface area contributed by atoms with Gasteiger partial charge in [0.05, 0.1) is 35.8 Å². The van der Waals surface area contributed by atoms with Crippen LogP contribution in [-0.4, -0.2) is 50.9 Å². The van der Waals surface area contributed by atoms with Gasteiger partial charge in [-0.2, -0.15) is 4.31 Å². The van der Waals surface area contributed by atoms with Crippen LogP contribution in [0.1, 0.15) is 5.56 Å². The van der Waals surface area contributed by atoms with E-state index in [1.165, 1.54) is 41.0 Å². The predicted molar refractivity (Wildman–Crippen MR) is 131 cm³/mol. The Morgan fingerprint density at radius 1 is 1.09 bits per heavy atom. The Hall–Kier alpha value is -3.21. The van der Waals surface area contributed by atoms with Gasteiger partial charge in [0.1, 0.15) is 0 Å². The van der Waals surface area contributed by atoms with E-state index in [4.69, 9.17) is 9.47 Å². The first-order valence-corrected chi connectivity index (χ1v) is 12.2. The molecule has 0 bridgehead atoms. The van der Waals surface area contributed by atoms with E-state index in [1.54, 1.807) is 37.4 Å². The van der Waals surface area contributed by atoms with Crippen LogP contribution in [0.15, 0.2) is 66.6 Å². The van der Waals surface area contributed by atoms with Crippen LogP contribution in [0, 0.1) is 0 Å². The Morgan fingerprint density at radius 3 is 2.42 bits per heavy atom. The molecule has 0 fully saturated rings. The molecule has 0 atom stereocenters. The summed E-state index contributed by atoms with van der Waals surface area (Å²) in [5.41, 5.74) is 1.35. The summed E-state index contributed by atoms with van der Waals surface area (Å²) >= 11 is 1.21. The van der Waals surface area contributed by atoms with Crippen molar-refractivity contribution >= 4 is 42.6 Å². The van der Waals surface area contributed by atoms with Crippen molar-refractivity contribution in [2.24, 2.45) is 0 Å². The Kier molecular flexibility index (Phi) is 7.85. The molecule has 0 saturated heterocycles. The van der Waals surface area contributed by atoms with Gasteiger partial charge in [0.15, 0.2) is 16.6 Å². The van der Waals surface area contributed by atoms with Crippen LogP contribution in [0.25, 0.3) is 10.2 Å². The number of benzene rings is 2. The van der Waals surface area contributed by atoms with Gasteiger partial charge in [0, 0.05) is 13.1 Å². The molecular weight excluding hydrogens is 462 g/mol. The number of anilines is 1. The summed E-state index contributed by atoms with van der Waals surface area (Å²) in [5, 5.41) is 3.17. The summed E-state index contributed by atoms with van der Waals surface area (Å²) in [6, 6.07) is 9.96. The second-order valence-electron chi connectivity index (χ2n) is 6.96. The second-order valence-corrected chi connectivity index (χ2v) is 9.93. The van der Waals surface area contributed by atoms with Gasteiger partial charge in [-0.05, 0) is 35.9 Å². The lowest BCUT2D eigenvalue weighted by Gasteiger charge is -2.18. The minimum atomic E-state index is -3.72. The van der Waals surface area contributed by atoms with Crippen molar-refractivity contribution in [3.63, 3.8) is 0 Å². The quantitative estimate of drug-likeness (QED) is 0.413. The Morgan fingerprint density at radius 2 is 1.79 bits per heavy atom. The lowest BCUT2D eigenvalue weighted by molar-refractivity contribution is -0.115. The van der Waals surface area contributed by atoms with Crippen molar-refractivity contribution in [2.75, 3.05) is 32.6 Å². The van der Waals surface area contributed by atoms with Crippen LogP contribution < -0.4 is 14.8 Å². The summed E-state index contributed by atoms with van der Waals surface area (Å²) in [6.07, 6.45) is 3.17. The van der Waals surface area contributed by atoms with Crippen LogP contribution in [0.3, 0.4) is 0 Å². The highest BCUT2D eigenvalue weighted by molar-refractivity contribution is 7.89. The number of ether oxygens (including phenoxy) is 2. The highest BCUT2D eigenvalue weighted by Crippen LogP contribution is 2.30. The van der Waals surface area contributed by atoms with Crippen LogP contribution >= 0.6 is 11.3 Å². The molecule has 1 N–H and O–H groups in total. The fourth-order valence-corrected chi connectivity index (χ4v) is 5.57. The van der Waals surface area contributed by atoms with Crippen molar-refractivity contribution < 1.29 is 22.7 Å². The van der Waals surface area contributed by atoms with E-state index in [2.05, 4.69) is 23.5 Å². The van der Waals surface area contributed by atoms with Crippen LogP contribution in [0.4, 0.5) is 5.13 Å². The number of rotatable bonds is 11. The zero-order chi connectivity index (χ0) is 24.0. The molecule has 1 aromatic heterocycles. The third-order valence-electron chi connectivity index (χ3n) is 4.72. The van der Waals surface area contributed by atoms with E-state index < -0.39 is 10.0 Å². The molecule has 0 aliphatic rings. The van der Waals surface area contributed by atoms with Crippen LogP contribution in [-0.2, 0) is 21.2 Å². The summed E-state index contributed by atoms with van der Waals surface area (Å²) < 4.78 is 38.3. The number of sulfonamides is 1. The molecule has 0 saturated carbocycles. The number of carbonyl (C=O) groups is 1. The van der Waals surface area contributed by atoms with Crippen molar-refractivity contribution in [3.05, 3.63) is 67.3 Å². The number of nitrogens with zero attached hydrogens (tertiary/aromatic N) is 2. The summed E-state index contributed by atoms with van der Waals surface area (Å²) in [5.74, 6) is 0.870. The number of nitrogens with one attached hydrogen (secondary N) is 1. The zero-order valence-corrected chi connectivity index (χ0v) is 20.0. The largest absolute Gasteiger partial charge is 0.493 e. The predicted octanol–water partition coefficient (Wildman–Crippen LogP) is 3.86. The molecule has 3 aromatic rings. The van der Waals surface area contributed by atoms with Gasteiger partial charge in [-0.25, -0.2) is 13.4 Å². The topological polar surface area (TPSA) is 97.8 Å². The van der Waals surface area contributed by atoms with Crippen molar-refractivity contribution in [1.82, 2.24) is 9.29 Å². The third-order valence-corrected chi connectivity index (χ3v) is 7.48. The van der Waals surface area contributed by atoms with E-state index in [0.717, 1.165) is 5.56 Å². The molecule has 3 rings (SSSR count). The maximum absolute atomic E-state index is 13.0. The van der Waals surface area contributed by atoms with E-state index in [0.29, 0.717) is 26.8 Å². The fourth-order valence-electron chi connectivity index (χ4n) is 3.17. The molecule has 0 unspecified atom stereocenters. The van der Waals surface area contributed by atoms with Gasteiger partial charge in [-0.3, -0.25) is 4.79 Å². The number of amides is 1. The summed E-state index contributed by atoms with van der Waals surface area (Å²) in [4.78, 5) is 17.1. The molecule has 8 nitrogen and oxygen atoms in total. The van der Waals surface area contributed by atoms with Gasteiger partial charge in [0.25, 0.3) is 0 Å². The molecule has 0 radical (unpaired) electrons. The Bertz CT molecular complexity index is 1270. The van der Waals surface area contributed by atoms with Gasteiger partial charge in [-0.15, -0.1) is 13.2 Å². The number of methoxy groups -OCH3 is 2. The van der Waals surface area contributed by atoms with Crippen molar-refractivity contribution in [1.29, 1.82) is 0 Å². The first-order chi connectivity index (χ1) is 15.8. The van der Waals surface area contributed by atoms with Crippen molar-refractivity contribution in [3.8, 4) is 11.5 Å². The smallest absolute Gasteiger partial charge is 0.243 e. The molecule has 1 amide bonds. The molecule has 0 aliphatic carbocycles. The third kappa shape index (κ3) is 5.59. The molecule has 33 heavy (non-hydrogen) atoms. The second kappa shape index (κ2) is 10.6. The highest BCUT2D eigenvalue weighted by Gasteiger charge is 2.23. The van der Waals surface area contributed by atoms with Gasteiger partial charge in [-0.1, -0.05) is 29.6 Å². The molecular formula is C23H25N3O5S2. The monoisotopic (exact) mass is 487 g/mol. The lowest BCUT2D eigenvalue weighted by atomic mass is 10.1. The standard InChI is InChI=1S/C23H25N3O5S2/c1-5-11-26(12-6-2)33(28,29)17-8-9-18-21(15-17)32-23(24-18)25-22(27)14-16-7-10-19(30-3)20(13-16)31-4/h5-10,13,15H,1-2,11-12,14H2,3-4H3,(H,24,25,27). The minimum Gasteiger partial charge on any atom is -0.493 e. The maximum Gasteiger partial charge on any atom is 0.243 e. The van der Waals surface area contributed by atoms with E-state index in [9.17, 15) is 13.2 Å². The fraction of sp³-hybridized carbons (Fsp3) is 0.217. The normalized spacial score (nSPS) is 11.4. The first kappa shape index (κ1) is 24.4. The number of fused-ring (bicyclic) bond motifs is 1. The van der Waals surface area contributed by atoms with Crippen LogP contribution in [0.5, 0.6) is 11.5 Å². The number of thiazole rings is 1. The van der Waals surface area contributed by atoms with Gasteiger partial charge in [0.2, 0.25) is 15.9 Å². The maximum atomic E-state index is 13.0. The average molecular weight is 488 g/mol. The highest BCUT2D eigenvalue weighted by atomic mass is 32.2. The van der Waals surface area contributed by atoms with E-state index in [1.807, 2.05) is 0 Å². The van der Waals surface area contributed by atoms with Gasteiger partial charge < -0.3 is 14.8 Å².